The normalized spacial score (nSPS) is 15.4. The van der Waals surface area contributed by atoms with Gasteiger partial charge in [-0.2, -0.15) is 0 Å². The highest BCUT2D eigenvalue weighted by molar-refractivity contribution is 5.97. The van der Waals surface area contributed by atoms with E-state index in [0.29, 0.717) is 6.54 Å². The summed E-state index contributed by atoms with van der Waals surface area (Å²) in [5.74, 6) is -0.344. The quantitative estimate of drug-likeness (QED) is 0.309. The van der Waals surface area contributed by atoms with Crippen molar-refractivity contribution >= 4 is 12.1 Å². The third kappa shape index (κ3) is 1.25. The molecule has 0 aromatic carbocycles. The number of hydrogen-bond acceptors (Lipinski definition) is 4. The molecule has 5 nitrogen and oxygen atoms in total. The van der Waals surface area contributed by atoms with Crippen molar-refractivity contribution in [1.82, 2.24) is 5.32 Å². The van der Waals surface area contributed by atoms with Gasteiger partial charge in [0.2, 0.25) is 5.84 Å². The van der Waals surface area contributed by atoms with E-state index in [9.17, 15) is 4.91 Å². The first-order valence-electron chi connectivity index (χ1n) is 2.73. The Morgan fingerprint density at radius 1 is 1.90 bits per heavy atom. The molecule has 1 aliphatic heterocycles. The van der Waals surface area contributed by atoms with Crippen molar-refractivity contribution in [3.63, 3.8) is 0 Å². The smallest absolute Gasteiger partial charge is 0.216 e. The second kappa shape index (κ2) is 2.86. The first kappa shape index (κ1) is 6.60. The summed E-state index contributed by atoms with van der Waals surface area (Å²) in [4.78, 5) is 13.5. The monoisotopic (exact) mass is 138 g/mol. The summed E-state index contributed by atoms with van der Waals surface area (Å²) in [5, 5.41) is 12.2. The maximum atomic E-state index is 9.79. The summed E-state index contributed by atoms with van der Waals surface area (Å²) in [6, 6.07) is 0. The third-order valence-electron chi connectivity index (χ3n) is 1.01. The lowest BCUT2D eigenvalue weighted by Gasteiger charge is -2.02. The van der Waals surface area contributed by atoms with Crippen LogP contribution in [0.5, 0.6) is 0 Å². The van der Waals surface area contributed by atoms with E-state index in [1.807, 2.05) is 0 Å². The molecule has 0 amide bonds. The number of hydrogen-bond donors (Lipinski definition) is 2. The molecule has 5 heteroatoms. The van der Waals surface area contributed by atoms with Gasteiger partial charge in [0.1, 0.15) is 5.70 Å². The molecule has 1 heterocycles. The number of nitrogens with zero attached hydrogens (tertiary/aromatic N) is 2. The molecule has 0 saturated carbocycles. The Bertz CT molecular complexity index is 218. The minimum atomic E-state index is -0.344. The summed E-state index contributed by atoms with van der Waals surface area (Å²) in [6.07, 6.45) is 3.07. The number of nitroso groups, excluding NO2 is 1. The summed E-state index contributed by atoms with van der Waals surface area (Å²) < 4.78 is 0. The molecule has 1 rings (SSSR count). The first-order chi connectivity index (χ1) is 4.84. The second-order valence-electron chi connectivity index (χ2n) is 1.69. The summed E-state index contributed by atoms with van der Waals surface area (Å²) >= 11 is 0. The van der Waals surface area contributed by atoms with Gasteiger partial charge in [-0.25, -0.2) is 0 Å². The summed E-state index contributed by atoms with van der Waals surface area (Å²) in [6.45, 7) is 0.635. The average Bonchev–Trinajstić information content (AvgIpc) is 2.05. The zero-order valence-corrected chi connectivity index (χ0v) is 5.16. The van der Waals surface area contributed by atoms with E-state index in [4.69, 9.17) is 5.41 Å². The summed E-state index contributed by atoms with van der Waals surface area (Å²) in [7, 11) is 0. The number of nitrogens with one attached hydrogen (secondary N) is 2. The van der Waals surface area contributed by atoms with Crippen molar-refractivity contribution in [2.24, 2.45) is 10.2 Å². The Morgan fingerprint density at radius 3 is 3.20 bits per heavy atom. The highest BCUT2D eigenvalue weighted by Gasteiger charge is 2.04. The van der Waals surface area contributed by atoms with Crippen LogP contribution in [0.1, 0.15) is 0 Å². The lowest BCUT2D eigenvalue weighted by molar-refractivity contribution is 0.990. The fraction of sp³-hybridized carbons (Fsp3) is 0.200. The van der Waals surface area contributed by atoms with E-state index in [-0.39, 0.29) is 11.5 Å². The van der Waals surface area contributed by atoms with Gasteiger partial charge >= 0.3 is 0 Å². The zero-order chi connectivity index (χ0) is 7.40. The molecule has 2 N–H and O–H groups in total. The van der Waals surface area contributed by atoms with E-state index in [1.54, 1.807) is 6.21 Å². The van der Waals surface area contributed by atoms with Crippen molar-refractivity contribution in [2.45, 2.75) is 0 Å². The van der Waals surface area contributed by atoms with Gasteiger partial charge < -0.3 is 5.32 Å². The van der Waals surface area contributed by atoms with Crippen LogP contribution in [0.25, 0.3) is 0 Å². The number of rotatable bonds is 1. The Morgan fingerprint density at radius 2 is 2.70 bits per heavy atom. The standard InChI is InChI=1S/C5H6N4O/c6-5(9-10)4-3-7-1-2-8-4/h2-3,6-7H,1H2. The lowest BCUT2D eigenvalue weighted by Crippen LogP contribution is -2.15. The zero-order valence-electron chi connectivity index (χ0n) is 5.16. The molecular formula is C5H6N4O. The van der Waals surface area contributed by atoms with E-state index >= 15 is 0 Å². The predicted octanol–water partition coefficient (Wildman–Crippen LogP) is 0.245. The molecule has 10 heavy (non-hydrogen) atoms. The maximum absolute atomic E-state index is 9.79. The van der Waals surface area contributed by atoms with Gasteiger partial charge in [-0.3, -0.25) is 10.4 Å². The molecule has 0 radical (unpaired) electrons. The molecule has 0 atom stereocenters. The van der Waals surface area contributed by atoms with E-state index in [0.717, 1.165) is 0 Å². The highest BCUT2D eigenvalue weighted by Crippen LogP contribution is 1.99. The molecule has 52 valence electrons. The van der Waals surface area contributed by atoms with E-state index in [1.165, 1.54) is 6.20 Å². The second-order valence-corrected chi connectivity index (χ2v) is 1.69. The maximum Gasteiger partial charge on any atom is 0.216 e. The van der Waals surface area contributed by atoms with Crippen LogP contribution < -0.4 is 5.32 Å². The van der Waals surface area contributed by atoms with Crippen molar-refractivity contribution in [3.8, 4) is 0 Å². The fourth-order valence-electron chi connectivity index (χ4n) is 0.566. The van der Waals surface area contributed by atoms with Gasteiger partial charge in [-0.05, 0) is 5.18 Å². The van der Waals surface area contributed by atoms with Crippen LogP contribution in [0.2, 0.25) is 0 Å². The molecule has 1 aliphatic rings. The van der Waals surface area contributed by atoms with Crippen molar-refractivity contribution in [2.75, 3.05) is 6.54 Å². The van der Waals surface area contributed by atoms with Gasteiger partial charge in [0.25, 0.3) is 0 Å². The van der Waals surface area contributed by atoms with Crippen molar-refractivity contribution in [3.05, 3.63) is 16.8 Å². The number of aliphatic imine (C=N–C) groups is 1. The molecule has 0 unspecified atom stereocenters. The fourth-order valence-corrected chi connectivity index (χ4v) is 0.566. The molecular weight excluding hydrogens is 132 g/mol. The van der Waals surface area contributed by atoms with Gasteiger partial charge in [0.05, 0.1) is 0 Å². The SMILES string of the molecule is N=C(N=O)C1=CNCC=N1. The molecule has 0 saturated heterocycles. The Kier molecular flexibility index (Phi) is 1.89. The first-order valence-corrected chi connectivity index (χ1v) is 2.73. The average molecular weight is 138 g/mol. The Balaban J connectivity index is 2.72. The van der Waals surface area contributed by atoms with Gasteiger partial charge in [-0.15, -0.1) is 4.91 Å². The van der Waals surface area contributed by atoms with Gasteiger partial charge in [-0.1, -0.05) is 0 Å². The molecule has 0 aromatic rings. The molecule has 0 aromatic heterocycles. The Labute approximate surface area is 57.3 Å². The predicted molar refractivity (Wildman–Crippen MR) is 38.1 cm³/mol. The largest absolute Gasteiger partial charge is 0.384 e. The molecule has 0 aliphatic carbocycles. The Hall–Kier alpha value is -1.52. The van der Waals surface area contributed by atoms with Crippen LogP contribution in [-0.4, -0.2) is 18.6 Å². The van der Waals surface area contributed by atoms with Crippen LogP contribution in [-0.2, 0) is 0 Å². The lowest BCUT2D eigenvalue weighted by atomic mass is 10.4. The highest BCUT2D eigenvalue weighted by atomic mass is 16.3. The minimum absolute atomic E-state index is 0.279. The minimum Gasteiger partial charge on any atom is -0.384 e. The van der Waals surface area contributed by atoms with Crippen molar-refractivity contribution < 1.29 is 0 Å². The van der Waals surface area contributed by atoms with Gasteiger partial charge in [0.15, 0.2) is 0 Å². The van der Waals surface area contributed by atoms with E-state index in [2.05, 4.69) is 15.5 Å². The van der Waals surface area contributed by atoms with Crippen LogP contribution in [0.4, 0.5) is 0 Å². The molecule has 0 bridgehead atoms. The number of amidine groups is 1. The molecule has 0 fully saturated rings. The van der Waals surface area contributed by atoms with Crippen LogP contribution in [0, 0.1) is 10.3 Å². The summed E-state index contributed by atoms with van der Waals surface area (Å²) in [5.41, 5.74) is 0.279. The van der Waals surface area contributed by atoms with Crippen LogP contribution >= 0.6 is 0 Å². The van der Waals surface area contributed by atoms with Gasteiger partial charge in [0, 0.05) is 19.0 Å². The van der Waals surface area contributed by atoms with E-state index < -0.39 is 0 Å². The molecule has 0 spiro atoms. The third-order valence-corrected chi connectivity index (χ3v) is 1.01. The topological polar surface area (TPSA) is 77.7 Å². The van der Waals surface area contributed by atoms with Crippen molar-refractivity contribution in [1.29, 1.82) is 5.41 Å². The van der Waals surface area contributed by atoms with Crippen LogP contribution in [0.15, 0.2) is 22.1 Å². The van der Waals surface area contributed by atoms with Crippen LogP contribution in [0.3, 0.4) is 0 Å².